The largest absolute Gasteiger partial charge is 0.315 e. The third kappa shape index (κ3) is 3.52. The Balaban J connectivity index is 2.13. The Hall–Kier alpha value is -1.22. The standard InChI is InChI=1S/C13H20N4O2S2/c1-9-13(10(2)17(4)16-9)7-15-21(18,19)12-5-11(6-14-3)20-8-12/h5,8,14-15H,6-7H2,1-4H3. The number of sulfonamides is 1. The first-order valence-electron chi connectivity index (χ1n) is 6.56. The molecule has 0 fully saturated rings. The molecule has 8 heteroatoms. The zero-order valence-electron chi connectivity index (χ0n) is 12.6. The van der Waals surface area contributed by atoms with Gasteiger partial charge in [-0.05, 0) is 27.0 Å². The van der Waals surface area contributed by atoms with Gasteiger partial charge in [0.15, 0.2) is 0 Å². The average molecular weight is 328 g/mol. The highest BCUT2D eigenvalue weighted by molar-refractivity contribution is 7.89. The Bertz CT molecular complexity index is 731. The molecule has 0 aliphatic rings. The fraction of sp³-hybridized carbons (Fsp3) is 0.462. The molecule has 0 atom stereocenters. The molecule has 0 radical (unpaired) electrons. The fourth-order valence-corrected chi connectivity index (χ4v) is 4.37. The molecule has 0 amide bonds. The van der Waals surface area contributed by atoms with E-state index in [1.165, 1.54) is 11.3 Å². The molecule has 0 saturated heterocycles. The first-order valence-corrected chi connectivity index (χ1v) is 8.92. The van der Waals surface area contributed by atoms with Crippen LogP contribution in [0.25, 0.3) is 0 Å². The van der Waals surface area contributed by atoms with E-state index in [0.717, 1.165) is 21.8 Å². The van der Waals surface area contributed by atoms with Gasteiger partial charge in [0, 0.05) is 41.7 Å². The van der Waals surface area contributed by atoms with Crippen LogP contribution in [-0.4, -0.2) is 25.2 Å². The van der Waals surface area contributed by atoms with Gasteiger partial charge in [0.2, 0.25) is 10.0 Å². The van der Waals surface area contributed by atoms with Crippen LogP contribution < -0.4 is 10.0 Å². The van der Waals surface area contributed by atoms with Crippen molar-refractivity contribution in [1.82, 2.24) is 19.8 Å². The Labute approximate surface area is 129 Å². The van der Waals surface area contributed by atoms with Gasteiger partial charge < -0.3 is 5.32 Å². The molecule has 0 aliphatic heterocycles. The number of nitrogens with zero attached hydrogens (tertiary/aromatic N) is 2. The van der Waals surface area contributed by atoms with Gasteiger partial charge in [-0.3, -0.25) is 4.68 Å². The van der Waals surface area contributed by atoms with Crippen LogP contribution in [0.5, 0.6) is 0 Å². The van der Waals surface area contributed by atoms with Crippen molar-refractivity contribution in [1.29, 1.82) is 0 Å². The van der Waals surface area contributed by atoms with Crippen molar-refractivity contribution in [3.05, 3.63) is 33.3 Å². The second-order valence-electron chi connectivity index (χ2n) is 4.88. The molecule has 0 aliphatic carbocycles. The van der Waals surface area contributed by atoms with Crippen molar-refractivity contribution in [3.63, 3.8) is 0 Å². The average Bonchev–Trinajstić information content (AvgIpc) is 2.96. The van der Waals surface area contributed by atoms with Gasteiger partial charge in [0.25, 0.3) is 0 Å². The summed E-state index contributed by atoms with van der Waals surface area (Å²) in [6.45, 7) is 4.73. The topological polar surface area (TPSA) is 76.0 Å². The highest BCUT2D eigenvalue weighted by Crippen LogP contribution is 2.20. The first kappa shape index (κ1) is 16.2. The van der Waals surface area contributed by atoms with Crippen LogP contribution in [0.1, 0.15) is 21.8 Å². The van der Waals surface area contributed by atoms with Crippen LogP contribution in [0.15, 0.2) is 16.3 Å². The normalized spacial score (nSPS) is 12.0. The lowest BCUT2D eigenvalue weighted by Crippen LogP contribution is -2.23. The number of thiophene rings is 1. The van der Waals surface area contributed by atoms with Gasteiger partial charge in [0.05, 0.1) is 10.6 Å². The highest BCUT2D eigenvalue weighted by Gasteiger charge is 2.18. The Kier molecular flexibility index (Phi) is 4.82. The van der Waals surface area contributed by atoms with Gasteiger partial charge in [-0.15, -0.1) is 11.3 Å². The smallest absolute Gasteiger partial charge is 0.241 e. The molecule has 2 heterocycles. The molecule has 0 saturated carbocycles. The van der Waals surface area contributed by atoms with E-state index in [0.29, 0.717) is 11.4 Å². The summed E-state index contributed by atoms with van der Waals surface area (Å²) in [5.41, 5.74) is 2.74. The minimum absolute atomic E-state index is 0.255. The minimum Gasteiger partial charge on any atom is -0.315 e. The van der Waals surface area contributed by atoms with Crippen LogP contribution in [0.2, 0.25) is 0 Å². The van der Waals surface area contributed by atoms with Crippen molar-refractivity contribution in [2.24, 2.45) is 7.05 Å². The minimum atomic E-state index is -3.48. The van der Waals surface area contributed by atoms with Crippen molar-refractivity contribution in [2.75, 3.05) is 7.05 Å². The van der Waals surface area contributed by atoms with Crippen molar-refractivity contribution in [2.45, 2.75) is 31.8 Å². The van der Waals surface area contributed by atoms with E-state index in [9.17, 15) is 8.42 Å². The Morgan fingerprint density at radius 3 is 2.62 bits per heavy atom. The van der Waals surface area contributed by atoms with Gasteiger partial charge in [-0.2, -0.15) is 5.10 Å². The van der Waals surface area contributed by atoms with E-state index in [2.05, 4.69) is 15.1 Å². The Morgan fingerprint density at radius 1 is 1.33 bits per heavy atom. The van der Waals surface area contributed by atoms with E-state index >= 15 is 0 Å². The first-order chi connectivity index (χ1) is 9.85. The van der Waals surface area contributed by atoms with Gasteiger partial charge in [-0.1, -0.05) is 0 Å². The summed E-state index contributed by atoms with van der Waals surface area (Å²) >= 11 is 1.43. The molecular formula is C13H20N4O2S2. The van der Waals surface area contributed by atoms with E-state index in [1.807, 2.05) is 27.9 Å². The Morgan fingerprint density at radius 2 is 2.05 bits per heavy atom. The molecule has 2 aromatic rings. The SMILES string of the molecule is CNCc1cc(S(=O)(=O)NCc2c(C)nn(C)c2C)cs1. The summed E-state index contributed by atoms with van der Waals surface area (Å²) in [7, 11) is 0.199. The van der Waals surface area contributed by atoms with E-state index < -0.39 is 10.0 Å². The summed E-state index contributed by atoms with van der Waals surface area (Å²) in [5, 5.41) is 8.96. The zero-order chi connectivity index (χ0) is 15.6. The maximum atomic E-state index is 12.3. The molecule has 2 rings (SSSR count). The number of hydrogen-bond donors (Lipinski definition) is 2. The van der Waals surface area contributed by atoms with E-state index in [4.69, 9.17) is 0 Å². The number of rotatable bonds is 6. The summed E-state index contributed by atoms with van der Waals surface area (Å²) in [4.78, 5) is 1.31. The second kappa shape index (κ2) is 6.27. The van der Waals surface area contributed by atoms with Crippen LogP contribution in [0.4, 0.5) is 0 Å². The predicted molar refractivity (Wildman–Crippen MR) is 83.8 cm³/mol. The lowest BCUT2D eigenvalue weighted by atomic mass is 10.2. The molecule has 6 nitrogen and oxygen atoms in total. The molecule has 0 bridgehead atoms. The molecule has 21 heavy (non-hydrogen) atoms. The van der Waals surface area contributed by atoms with Crippen LogP contribution >= 0.6 is 11.3 Å². The summed E-state index contributed by atoms with van der Waals surface area (Å²) in [5.74, 6) is 0. The third-order valence-corrected chi connectivity index (χ3v) is 5.86. The number of nitrogens with one attached hydrogen (secondary N) is 2. The van der Waals surface area contributed by atoms with Gasteiger partial charge >= 0.3 is 0 Å². The van der Waals surface area contributed by atoms with E-state index in [-0.39, 0.29) is 6.54 Å². The highest BCUT2D eigenvalue weighted by atomic mass is 32.2. The molecular weight excluding hydrogens is 308 g/mol. The van der Waals surface area contributed by atoms with Crippen LogP contribution in [0, 0.1) is 13.8 Å². The quantitative estimate of drug-likeness (QED) is 0.838. The number of hydrogen-bond acceptors (Lipinski definition) is 5. The zero-order valence-corrected chi connectivity index (χ0v) is 14.2. The summed E-state index contributed by atoms with van der Waals surface area (Å²) in [6, 6.07) is 1.70. The molecule has 0 aromatic carbocycles. The van der Waals surface area contributed by atoms with Crippen molar-refractivity contribution < 1.29 is 8.42 Å². The van der Waals surface area contributed by atoms with Crippen LogP contribution in [-0.2, 0) is 30.2 Å². The maximum absolute atomic E-state index is 12.3. The predicted octanol–water partition coefficient (Wildman–Crippen LogP) is 1.30. The lowest BCUT2D eigenvalue weighted by molar-refractivity contribution is 0.581. The molecule has 116 valence electrons. The summed E-state index contributed by atoms with van der Waals surface area (Å²) < 4.78 is 29.0. The molecule has 0 unspecified atom stereocenters. The molecule has 2 N–H and O–H groups in total. The summed E-state index contributed by atoms with van der Waals surface area (Å²) in [6.07, 6.45) is 0. The van der Waals surface area contributed by atoms with Crippen molar-refractivity contribution >= 4 is 21.4 Å². The fourth-order valence-electron chi connectivity index (χ4n) is 2.09. The lowest BCUT2D eigenvalue weighted by Gasteiger charge is -2.05. The second-order valence-corrected chi connectivity index (χ2v) is 7.64. The maximum Gasteiger partial charge on any atom is 0.241 e. The van der Waals surface area contributed by atoms with Crippen molar-refractivity contribution in [3.8, 4) is 0 Å². The number of aryl methyl sites for hydroxylation is 2. The monoisotopic (exact) mass is 328 g/mol. The number of aromatic nitrogens is 2. The van der Waals surface area contributed by atoms with Crippen LogP contribution in [0.3, 0.4) is 0 Å². The molecule has 0 spiro atoms. The van der Waals surface area contributed by atoms with E-state index in [1.54, 1.807) is 16.1 Å². The molecule has 2 aromatic heterocycles. The van der Waals surface area contributed by atoms with Gasteiger partial charge in [-0.25, -0.2) is 13.1 Å². The van der Waals surface area contributed by atoms with Gasteiger partial charge in [0.1, 0.15) is 0 Å². The third-order valence-electron chi connectivity index (χ3n) is 3.39.